The molecule has 378 valence electrons. The van der Waals surface area contributed by atoms with Crippen LogP contribution in [0.4, 0.5) is 0 Å². The number of hydrogen-bond donors (Lipinski definition) is 2. The Bertz CT molecular complexity index is 1860. The van der Waals surface area contributed by atoms with Gasteiger partial charge in [0.2, 0.25) is 5.79 Å². The largest absolute Gasteiger partial charge is 0.460 e. The summed E-state index contributed by atoms with van der Waals surface area (Å²) in [5.74, 6) is -7.93. The van der Waals surface area contributed by atoms with Gasteiger partial charge in [0.1, 0.15) is 30.1 Å². The number of carbonyl (C=O) groups excluding carboxylic acids is 5. The van der Waals surface area contributed by atoms with Crippen molar-refractivity contribution in [2.45, 2.75) is 180 Å². The highest BCUT2D eigenvalue weighted by Crippen LogP contribution is 2.42. The number of methoxy groups -OCH3 is 3. The predicted octanol–water partition coefficient (Wildman–Crippen LogP) is 7.38. The fraction of sp³-hybridized carbons (Fsp3) is 0.750. The van der Waals surface area contributed by atoms with Gasteiger partial charge in [-0.25, -0.2) is 4.79 Å². The van der Waals surface area contributed by atoms with Crippen molar-refractivity contribution in [2.24, 2.45) is 35.5 Å². The van der Waals surface area contributed by atoms with Crippen molar-refractivity contribution >= 4 is 37.0 Å². The van der Waals surface area contributed by atoms with E-state index in [0.717, 1.165) is 18.4 Å². The van der Waals surface area contributed by atoms with E-state index in [1.165, 1.54) is 12.0 Å². The highest BCUT2D eigenvalue weighted by atomic mass is 31.1. The third-order valence-corrected chi connectivity index (χ3v) is 16.7. The Morgan fingerprint density at radius 2 is 1.60 bits per heavy atom. The van der Waals surface area contributed by atoms with Gasteiger partial charge in [-0.1, -0.05) is 71.1 Å². The maximum absolute atomic E-state index is 14.4. The van der Waals surface area contributed by atoms with Crippen LogP contribution in [0.25, 0.3) is 0 Å². The Balaban J connectivity index is 1.71. The molecule has 16 atom stereocenters. The molecule has 4 aliphatic rings. The number of aliphatic hydroxyl groups is 2. The van der Waals surface area contributed by atoms with Crippen LogP contribution in [0, 0.1) is 35.5 Å². The molecule has 0 spiro atoms. The normalized spacial score (nSPS) is 40.0. The van der Waals surface area contributed by atoms with E-state index in [1.807, 2.05) is 58.1 Å². The lowest BCUT2D eigenvalue weighted by atomic mass is 9.79. The molecule has 4 unspecified atom stereocenters. The molecule has 2 N–H and O–H groups in total. The van der Waals surface area contributed by atoms with Gasteiger partial charge in [0.05, 0.1) is 26.1 Å². The number of amides is 1. The summed E-state index contributed by atoms with van der Waals surface area (Å²) in [6.45, 7) is 14.5. The maximum atomic E-state index is 14.4. The van der Waals surface area contributed by atoms with Crippen molar-refractivity contribution < 1.29 is 62.4 Å². The Morgan fingerprint density at radius 3 is 2.25 bits per heavy atom. The van der Waals surface area contributed by atoms with Crippen LogP contribution in [0.3, 0.4) is 0 Å². The summed E-state index contributed by atoms with van der Waals surface area (Å²) in [5.41, 5.74) is 1.25. The quantitative estimate of drug-likeness (QED) is 0.111. The monoisotopic (exact) mass is 960 g/mol. The van der Waals surface area contributed by atoms with Crippen LogP contribution in [0.2, 0.25) is 0 Å². The highest BCUT2D eigenvalue weighted by molar-refractivity contribution is 7.44. The number of fused-ring (bicyclic) bond motifs is 3. The average molecular weight is 960 g/mol. The van der Waals surface area contributed by atoms with Crippen molar-refractivity contribution in [3.05, 3.63) is 47.6 Å². The van der Waals surface area contributed by atoms with Gasteiger partial charge in [-0.3, -0.25) is 19.2 Å². The fourth-order valence-electron chi connectivity index (χ4n) is 10.6. The minimum atomic E-state index is -2.43. The minimum absolute atomic E-state index is 0.0175. The van der Waals surface area contributed by atoms with Crippen molar-refractivity contribution in [2.75, 3.05) is 34.5 Å². The van der Waals surface area contributed by atoms with E-state index in [2.05, 4.69) is 0 Å². The number of piperidine rings is 1. The van der Waals surface area contributed by atoms with E-state index in [0.29, 0.717) is 56.9 Å². The predicted molar refractivity (Wildman–Crippen MR) is 258 cm³/mol. The first kappa shape index (κ1) is 56.5. The molecule has 0 aromatic heterocycles. The molecule has 15 heteroatoms. The van der Waals surface area contributed by atoms with Gasteiger partial charge in [0.15, 0.2) is 5.78 Å². The van der Waals surface area contributed by atoms with Crippen LogP contribution >= 0.6 is 7.80 Å². The molecule has 1 amide bonds. The summed E-state index contributed by atoms with van der Waals surface area (Å²) < 4.78 is 42.3. The number of rotatable bonds is 7. The summed E-state index contributed by atoms with van der Waals surface area (Å²) in [6, 6.07) is -1.14. The Kier molecular flexibility index (Phi) is 22.1. The molecular formula is C52H82NO13P. The first-order chi connectivity index (χ1) is 31.7. The number of esters is 1. The van der Waals surface area contributed by atoms with Crippen LogP contribution in [0.15, 0.2) is 47.6 Å². The summed E-state index contributed by atoms with van der Waals surface area (Å²) >= 11 is 0. The number of nitrogens with zero attached hydrogens (tertiary/aromatic N) is 1. The Labute approximate surface area is 400 Å². The Morgan fingerprint density at radius 1 is 0.881 bits per heavy atom. The van der Waals surface area contributed by atoms with E-state index < -0.39 is 85.6 Å². The molecule has 3 aliphatic heterocycles. The number of ether oxygens (including phenoxy) is 5. The zero-order valence-corrected chi connectivity index (χ0v) is 43.1. The molecule has 0 radical (unpaired) electrons. The van der Waals surface area contributed by atoms with Gasteiger partial charge in [-0.2, -0.15) is 0 Å². The molecule has 2 bridgehead atoms. The lowest BCUT2D eigenvalue weighted by Gasteiger charge is -2.42. The van der Waals surface area contributed by atoms with Gasteiger partial charge in [-0.15, -0.1) is 0 Å². The molecule has 3 fully saturated rings. The lowest BCUT2D eigenvalue weighted by molar-refractivity contribution is -0.265. The number of cyclic esters (lactones) is 1. The first-order valence-electron chi connectivity index (χ1n) is 24.7. The summed E-state index contributed by atoms with van der Waals surface area (Å²) in [4.78, 5) is 72.1. The zero-order valence-electron chi connectivity index (χ0n) is 42.1. The summed E-state index contributed by atoms with van der Waals surface area (Å²) in [6.07, 6.45) is 12.3. The third kappa shape index (κ3) is 15.0. The first-order valence-corrected chi connectivity index (χ1v) is 26.6. The van der Waals surface area contributed by atoms with E-state index >= 15 is 0 Å². The molecular weight excluding hydrogens is 878 g/mol. The number of aliphatic hydroxyl groups excluding tert-OH is 1. The topological polar surface area (TPSA) is 192 Å². The van der Waals surface area contributed by atoms with Crippen molar-refractivity contribution in [1.29, 1.82) is 0 Å². The second-order valence-electron chi connectivity index (χ2n) is 20.2. The average Bonchev–Trinajstić information content (AvgIpc) is 3.30. The van der Waals surface area contributed by atoms with Gasteiger partial charge in [0.25, 0.3) is 11.7 Å². The SMILES string of the molecule is CO[C@H]1CC2CC[C@@H](C)[C@@](O)(O2)C(=O)C(=O)N2CCCCC2C(=O)O[C@H]([C@H](C)C[C@@H]2CCC([PH](C)=O)[C@H](OC)C2)CC(=O)[C@H](C)/C=C(\C)[C@@H](O)[C@@H](OC)C(=O)[C@H](C)C[C@H](C)/C=C/C=C/C=C/1C. The van der Waals surface area contributed by atoms with Crippen LogP contribution in [0.5, 0.6) is 0 Å². The summed E-state index contributed by atoms with van der Waals surface area (Å²) in [7, 11) is 2.76. The van der Waals surface area contributed by atoms with Crippen LogP contribution < -0.4 is 0 Å². The number of hydrogen-bond acceptors (Lipinski definition) is 13. The molecule has 1 aliphatic carbocycles. The molecule has 0 aromatic rings. The molecule has 3 heterocycles. The molecule has 4 rings (SSSR count). The van der Waals surface area contributed by atoms with E-state index in [-0.39, 0.29) is 60.5 Å². The van der Waals surface area contributed by atoms with Crippen LogP contribution in [-0.4, -0.2) is 133 Å². The molecule has 2 saturated heterocycles. The maximum Gasteiger partial charge on any atom is 0.329 e. The van der Waals surface area contributed by atoms with Gasteiger partial charge in [0, 0.05) is 64.1 Å². The van der Waals surface area contributed by atoms with Crippen molar-refractivity contribution in [1.82, 2.24) is 4.90 Å². The van der Waals surface area contributed by atoms with E-state index in [1.54, 1.807) is 47.7 Å². The number of ketones is 3. The third-order valence-electron chi connectivity index (χ3n) is 15.0. The fourth-order valence-corrected chi connectivity index (χ4v) is 12.0. The van der Waals surface area contributed by atoms with Crippen molar-refractivity contribution in [3.8, 4) is 0 Å². The standard InChI is InChI=1S/C52H82NO13P/c1-31-17-13-12-14-18-32(2)42(62-8)29-39-22-20-37(7)52(60,66-39)49(57)50(58)53-24-16-15-19-40(53)51(59)65-43(34(4)27-38-21-23-45(67(11)61)44(28-38)63-9)30-41(54)33(3)26-36(6)47(56)48(64-10)46(55)35(5)25-31/h12-14,17-18,26,31,33-35,37-40,42-45,47-48,56,60,67H,15-16,19-25,27-30H2,1-11H3/b14-12+,17-13+,32-18+,36-26+/t31-,33-,34-,35-,37-,38+,39?,40?,42+,43+,44-,45?,47-,48+,52-/m1/s1. The Hall–Kier alpha value is -3.10. The van der Waals surface area contributed by atoms with Crippen molar-refractivity contribution in [3.63, 3.8) is 0 Å². The number of carbonyl (C=O) groups is 5. The second-order valence-corrected chi connectivity index (χ2v) is 22.2. The number of Topliss-reactive ketones (excluding diaryl/α,β-unsaturated/α-hetero) is 3. The van der Waals surface area contributed by atoms with Gasteiger partial charge >= 0.3 is 5.97 Å². The molecule has 0 aromatic carbocycles. The number of allylic oxidation sites excluding steroid dienone is 6. The molecule has 1 saturated carbocycles. The molecule has 67 heavy (non-hydrogen) atoms. The minimum Gasteiger partial charge on any atom is -0.460 e. The van der Waals surface area contributed by atoms with E-state index in [4.69, 9.17) is 23.7 Å². The van der Waals surface area contributed by atoms with Gasteiger partial charge in [-0.05, 0) is 114 Å². The summed E-state index contributed by atoms with van der Waals surface area (Å²) in [5, 5.41) is 23.4. The smallest absolute Gasteiger partial charge is 0.329 e. The van der Waals surface area contributed by atoms with E-state index in [9.17, 15) is 38.8 Å². The lowest BCUT2D eigenvalue weighted by Crippen LogP contribution is -2.61. The zero-order chi connectivity index (χ0) is 49.7. The second kappa shape index (κ2) is 26.2. The van der Waals surface area contributed by atoms with Gasteiger partial charge < -0.3 is 43.4 Å². The molecule has 14 nitrogen and oxygen atoms in total. The highest BCUT2D eigenvalue weighted by Gasteiger charge is 2.53. The van der Waals surface area contributed by atoms with Crippen LogP contribution in [0.1, 0.15) is 126 Å². The van der Waals surface area contributed by atoms with Crippen LogP contribution in [-0.2, 0) is 52.2 Å².